The molecule has 9 heavy (non-hydrogen) atoms. The summed E-state index contributed by atoms with van der Waals surface area (Å²) in [4.78, 5) is 0. The second kappa shape index (κ2) is 2.84. The van der Waals surface area contributed by atoms with E-state index in [1.807, 2.05) is 0 Å². The van der Waals surface area contributed by atoms with Gasteiger partial charge in [-0.1, -0.05) is 0 Å². The summed E-state index contributed by atoms with van der Waals surface area (Å²) in [7, 11) is 0. The Labute approximate surface area is 60.6 Å². The molecular formula is C5H12ClNO2. The lowest BCUT2D eigenvalue weighted by atomic mass is 10.0. The quantitative estimate of drug-likeness (QED) is 0.494. The Morgan fingerprint density at radius 2 is 2.33 bits per heavy atom. The largest absolute Gasteiger partial charge is 0.386 e. The van der Waals surface area contributed by atoms with E-state index in [4.69, 9.17) is 10.5 Å². The van der Waals surface area contributed by atoms with Crippen LogP contribution in [-0.4, -0.2) is 30.0 Å². The highest BCUT2D eigenvalue weighted by atomic mass is 35.5. The molecule has 0 aromatic carbocycles. The summed E-state index contributed by atoms with van der Waals surface area (Å²) in [6.45, 7) is 2.53. The molecule has 4 heteroatoms. The monoisotopic (exact) mass is 153 g/mol. The van der Waals surface area contributed by atoms with E-state index in [1.165, 1.54) is 0 Å². The average molecular weight is 154 g/mol. The number of aliphatic hydroxyl groups is 1. The summed E-state index contributed by atoms with van der Waals surface area (Å²) in [6.07, 6.45) is 0. The Morgan fingerprint density at radius 3 is 2.44 bits per heavy atom. The molecule has 0 aromatic heterocycles. The van der Waals surface area contributed by atoms with Crippen LogP contribution >= 0.6 is 12.4 Å². The molecule has 0 unspecified atom stereocenters. The molecule has 0 bridgehead atoms. The topological polar surface area (TPSA) is 55.5 Å². The molecule has 0 aromatic rings. The molecule has 3 nitrogen and oxygen atoms in total. The Kier molecular flexibility index (Phi) is 2.89. The highest BCUT2D eigenvalue weighted by molar-refractivity contribution is 5.85. The van der Waals surface area contributed by atoms with Gasteiger partial charge in [0.15, 0.2) is 0 Å². The van der Waals surface area contributed by atoms with Gasteiger partial charge in [-0.25, -0.2) is 0 Å². The molecular weight excluding hydrogens is 142 g/mol. The van der Waals surface area contributed by atoms with Gasteiger partial charge in [-0.2, -0.15) is 0 Å². The molecule has 1 aliphatic rings. The van der Waals surface area contributed by atoms with Crippen molar-refractivity contribution in [1.82, 2.24) is 0 Å². The van der Waals surface area contributed by atoms with Gasteiger partial charge < -0.3 is 15.6 Å². The highest BCUT2D eigenvalue weighted by Crippen LogP contribution is 2.15. The Hall–Kier alpha value is 0.170. The number of ether oxygens (including phenoxy) is 1. The third kappa shape index (κ3) is 1.79. The van der Waals surface area contributed by atoms with E-state index in [-0.39, 0.29) is 18.4 Å². The number of halogens is 1. The van der Waals surface area contributed by atoms with Crippen LogP contribution in [0.15, 0.2) is 0 Å². The first-order valence-electron chi connectivity index (χ1n) is 2.68. The molecule has 1 aliphatic heterocycles. The average Bonchev–Trinajstić information content (AvgIpc) is 1.86. The fourth-order valence-corrected chi connectivity index (χ4v) is 0.679. The minimum Gasteiger partial charge on any atom is -0.386 e. The fourth-order valence-electron chi connectivity index (χ4n) is 0.679. The van der Waals surface area contributed by atoms with Gasteiger partial charge in [0.2, 0.25) is 0 Å². The van der Waals surface area contributed by atoms with Crippen molar-refractivity contribution in [3.8, 4) is 0 Å². The zero-order valence-corrected chi connectivity index (χ0v) is 6.15. The van der Waals surface area contributed by atoms with Crippen molar-refractivity contribution in [2.75, 3.05) is 13.2 Å². The Balaban J connectivity index is 0.000000640. The standard InChI is InChI=1S/C5H11NO2.ClH/c1-5(7)3-8-2-4(5)6;/h4,7H,2-3,6H2,1H3;1H/t4-,5-;/m1./s1. The summed E-state index contributed by atoms with van der Waals surface area (Å²) >= 11 is 0. The van der Waals surface area contributed by atoms with Gasteiger partial charge in [0.1, 0.15) is 5.60 Å². The van der Waals surface area contributed by atoms with E-state index < -0.39 is 5.60 Å². The predicted molar refractivity (Wildman–Crippen MR) is 36.7 cm³/mol. The number of nitrogens with two attached hydrogens (primary N) is 1. The van der Waals surface area contributed by atoms with Gasteiger partial charge in [0.25, 0.3) is 0 Å². The van der Waals surface area contributed by atoms with Crippen LogP contribution in [0.3, 0.4) is 0 Å². The number of hydrogen-bond donors (Lipinski definition) is 2. The molecule has 1 heterocycles. The lowest BCUT2D eigenvalue weighted by molar-refractivity contribution is 0.0361. The van der Waals surface area contributed by atoms with Crippen molar-refractivity contribution >= 4 is 12.4 Å². The van der Waals surface area contributed by atoms with E-state index >= 15 is 0 Å². The lowest BCUT2D eigenvalue weighted by Gasteiger charge is -2.18. The molecule has 0 radical (unpaired) electrons. The first-order chi connectivity index (χ1) is 3.63. The molecule has 0 saturated carbocycles. The molecule has 3 N–H and O–H groups in total. The van der Waals surface area contributed by atoms with Crippen molar-refractivity contribution in [1.29, 1.82) is 0 Å². The zero-order valence-electron chi connectivity index (χ0n) is 5.33. The number of hydrogen-bond acceptors (Lipinski definition) is 3. The first-order valence-corrected chi connectivity index (χ1v) is 2.68. The van der Waals surface area contributed by atoms with Crippen LogP contribution in [0.5, 0.6) is 0 Å². The third-order valence-corrected chi connectivity index (χ3v) is 1.49. The lowest BCUT2D eigenvalue weighted by Crippen LogP contribution is -2.43. The molecule has 1 fully saturated rings. The van der Waals surface area contributed by atoms with Crippen LogP contribution in [-0.2, 0) is 4.74 Å². The summed E-state index contributed by atoms with van der Waals surface area (Å²) in [5.74, 6) is 0. The van der Waals surface area contributed by atoms with Crippen molar-refractivity contribution in [2.45, 2.75) is 18.6 Å². The molecule has 56 valence electrons. The van der Waals surface area contributed by atoms with E-state index in [2.05, 4.69) is 0 Å². The maximum absolute atomic E-state index is 9.21. The maximum Gasteiger partial charge on any atom is 0.102 e. The number of rotatable bonds is 0. The summed E-state index contributed by atoms with van der Waals surface area (Å²) in [5.41, 5.74) is 4.65. The highest BCUT2D eigenvalue weighted by Gasteiger charge is 2.34. The van der Waals surface area contributed by atoms with Crippen molar-refractivity contribution in [3.63, 3.8) is 0 Å². The van der Waals surface area contributed by atoms with Gasteiger partial charge in [0, 0.05) is 0 Å². The van der Waals surface area contributed by atoms with Crippen LogP contribution in [0.1, 0.15) is 6.92 Å². The normalized spacial score (nSPS) is 42.3. The van der Waals surface area contributed by atoms with Gasteiger partial charge in [-0.05, 0) is 6.92 Å². The minimum atomic E-state index is -0.792. The van der Waals surface area contributed by atoms with E-state index in [1.54, 1.807) is 6.92 Å². The van der Waals surface area contributed by atoms with Crippen LogP contribution in [0.2, 0.25) is 0 Å². The second-order valence-corrected chi connectivity index (χ2v) is 2.48. The molecule has 0 aliphatic carbocycles. The molecule has 2 atom stereocenters. The SMILES string of the molecule is C[C@@]1(O)COC[C@H]1N.Cl. The van der Waals surface area contributed by atoms with E-state index in [0.717, 1.165) is 0 Å². The van der Waals surface area contributed by atoms with Gasteiger partial charge in [0.05, 0.1) is 19.3 Å². The van der Waals surface area contributed by atoms with Crippen molar-refractivity contribution in [3.05, 3.63) is 0 Å². The Morgan fingerprint density at radius 1 is 1.78 bits per heavy atom. The van der Waals surface area contributed by atoms with E-state index in [0.29, 0.717) is 13.2 Å². The van der Waals surface area contributed by atoms with Crippen LogP contribution < -0.4 is 5.73 Å². The second-order valence-electron chi connectivity index (χ2n) is 2.48. The Bertz CT molecular complexity index is 97.0. The maximum atomic E-state index is 9.21. The van der Waals surface area contributed by atoms with Crippen LogP contribution in [0.25, 0.3) is 0 Å². The molecule has 0 spiro atoms. The zero-order chi connectivity index (χ0) is 6.20. The van der Waals surface area contributed by atoms with Crippen LogP contribution in [0, 0.1) is 0 Å². The van der Waals surface area contributed by atoms with E-state index in [9.17, 15) is 5.11 Å². The smallest absolute Gasteiger partial charge is 0.102 e. The molecule has 1 rings (SSSR count). The predicted octanol–water partition coefficient (Wildman–Crippen LogP) is -0.483. The minimum absolute atomic E-state index is 0. The van der Waals surface area contributed by atoms with Gasteiger partial charge in [-0.3, -0.25) is 0 Å². The van der Waals surface area contributed by atoms with Gasteiger partial charge >= 0.3 is 0 Å². The van der Waals surface area contributed by atoms with Crippen molar-refractivity contribution in [2.24, 2.45) is 5.73 Å². The van der Waals surface area contributed by atoms with Gasteiger partial charge in [-0.15, -0.1) is 12.4 Å². The summed E-state index contributed by atoms with van der Waals surface area (Å²) < 4.78 is 4.90. The van der Waals surface area contributed by atoms with Crippen molar-refractivity contribution < 1.29 is 9.84 Å². The summed E-state index contributed by atoms with van der Waals surface area (Å²) in [5, 5.41) is 9.21. The molecule has 1 saturated heterocycles. The van der Waals surface area contributed by atoms with Crippen LogP contribution in [0.4, 0.5) is 0 Å². The first kappa shape index (κ1) is 9.17. The third-order valence-electron chi connectivity index (χ3n) is 1.49. The molecule has 0 amide bonds. The fraction of sp³-hybridized carbons (Fsp3) is 1.00. The summed E-state index contributed by atoms with van der Waals surface area (Å²) in [6, 6.07) is -0.206.